The molecule has 4 heteroatoms. The molecule has 0 bridgehead atoms. The summed E-state index contributed by atoms with van der Waals surface area (Å²) >= 11 is 0. The van der Waals surface area contributed by atoms with E-state index in [-0.39, 0.29) is 18.2 Å². The van der Waals surface area contributed by atoms with Gasteiger partial charge in [0.15, 0.2) is 0 Å². The fourth-order valence-corrected chi connectivity index (χ4v) is 1.52. The van der Waals surface area contributed by atoms with Crippen molar-refractivity contribution < 1.29 is 14.7 Å². The number of carboxylic acid groups (broad SMARTS) is 1. The average molecular weight is 201 g/mol. The van der Waals surface area contributed by atoms with Gasteiger partial charge in [0.25, 0.3) is 0 Å². The Morgan fingerprint density at radius 2 is 1.86 bits per heavy atom. The molecule has 2 N–H and O–H groups in total. The van der Waals surface area contributed by atoms with Crippen molar-refractivity contribution >= 4 is 11.9 Å². The minimum Gasteiger partial charge on any atom is -0.481 e. The van der Waals surface area contributed by atoms with Crippen LogP contribution in [0.1, 0.15) is 33.1 Å². The molecule has 1 atom stereocenters. The predicted octanol–water partition coefficient (Wildman–Crippen LogP) is 1.26. The van der Waals surface area contributed by atoms with Gasteiger partial charge in [-0.05, 0) is 18.3 Å². The van der Waals surface area contributed by atoms with Gasteiger partial charge < -0.3 is 10.4 Å². The second-order valence-corrected chi connectivity index (χ2v) is 3.97. The van der Waals surface area contributed by atoms with Gasteiger partial charge in [0.05, 0.1) is 0 Å². The molecule has 82 valence electrons. The second-order valence-electron chi connectivity index (χ2n) is 3.97. The molecular weight excluding hydrogens is 182 g/mol. The van der Waals surface area contributed by atoms with E-state index in [1.165, 1.54) is 0 Å². The highest BCUT2D eigenvalue weighted by molar-refractivity contribution is 5.76. The summed E-state index contributed by atoms with van der Waals surface area (Å²) in [6, 6.07) is 0. The molecule has 14 heavy (non-hydrogen) atoms. The molecule has 0 unspecified atom stereocenters. The van der Waals surface area contributed by atoms with Crippen molar-refractivity contribution in [3.63, 3.8) is 0 Å². The zero-order chi connectivity index (χ0) is 11.1. The number of carbonyl (C=O) groups is 2. The van der Waals surface area contributed by atoms with Crippen LogP contribution >= 0.6 is 0 Å². The molecule has 0 saturated heterocycles. The quantitative estimate of drug-likeness (QED) is 0.680. The molecule has 0 radical (unpaired) electrons. The summed E-state index contributed by atoms with van der Waals surface area (Å²) in [5.41, 5.74) is 0. The number of carbonyl (C=O) groups excluding carboxylic acids is 1. The predicted molar refractivity (Wildman–Crippen MR) is 53.9 cm³/mol. The Morgan fingerprint density at radius 3 is 2.21 bits per heavy atom. The Morgan fingerprint density at radius 1 is 1.29 bits per heavy atom. The lowest BCUT2D eigenvalue weighted by atomic mass is 9.91. The van der Waals surface area contributed by atoms with Crippen LogP contribution in [-0.2, 0) is 9.59 Å². The SMILES string of the molecule is CNC(=O)C[C@H](CC(=O)O)CC(C)C. The van der Waals surface area contributed by atoms with Crippen LogP contribution in [0.3, 0.4) is 0 Å². The van der Waals surface area contributed by atoms with Crippen molar-refractivity contribution in [3.05, 3.63) is 0 Å². The molecule has 0 fully saturated rings. The topological polar surface area (TPSA) is 66.4 Å². The van der Waals surface area contributed by atoms with E-state index in [1.807, 2.05) is 13.8 Å². The summed E-state index contributed by atoms with van der Waals surface area (Å²) in [5.74, 6) is -0.548. The van der Waals surface area contributed by atoms with Gasteiger partial charge >= 0.3 is 5.97 Å². The zero-order valence-electron chi connectivity index (χ0n) is 9.04. The van der Waals surface area contributed by atoms with Gasteiger partial charge in [0.1, 0.15) is 0 Å². The van der Waals surface area contributed by atoms with Crippen molar-refractivity contribution in [1.29, 1.82) is 0 Å². The van der Waals surface area contributed by atoms with E-state index >= 15 is 0 Å². The highest BCUT2D eigenvalue weighted by Crippen LogP contribution is 2.18. The van der Waals surface area contributed by atoms with Crippen LogP contribution in [-0.4, -0.2) is 24.0 Å². The average Bonchev–Trinajstić information content (AvgIpc) is 2.01. The van der Waals surface area contributed by atoms with Crippen molar-refractivity contribution in [3.8, 4) is 0 Å². The minimum atomic E-state index is -0.834. The maximum absolute atomic E-state index is 11.1. The third-order valence-electron chi connectivity index (χ3n) is 2.02. The van der Waals surface area contributed by atoms with Gasteiger partial charge in [-0.3, -0.25) is 9.59 Å². The van der Waals surface area contributed by atoms with Crippen molar-refractivity contribution in [2.75, 3.05) is 7.05 Å². The molecular formula is C10H19NO3. The van der Waals surface area contributed by atoms with E-state index in [1.54, 1.807) is 7.05 Å². The van der Waals surface area contributed by atoms with Gasteiger partial charge in [0.2, 0.25) is 5.91 Å². The lowest BCUT2D eigenvalue weighted by Gasteiger charge is -2.15. The molecule has 0 heterocycles. The third kappa shape index (κ3) is 6.46. The van der Waals surface area contributed by atoms with Crippen LogP contribution in [0.15, 0.2) is 0 Å². The maximum atomic E-state index is 11.1. The summed E-state index contributed by atoms with van der Waals surface area (Å²) in [6.45, 7) is 4.05. The molecule has 0 rings (SSSR count). The van der Waals surface area contributed by atoms with E-state index in [0.29, 0.717) is 12.3 Å². The van der Waals surface area contributed by atoms with Crippen molar-refractivity contribution in [1.82, 2.24) is 5.32 Å². The Labute approximate surface area is 84.7 Å². The van der Waals surface area contributed by atoms with Crippen LogP contribution in [0.25, 0.3) is 0 Å². The normalized spacial score (nSPS) is 12.6. The Balaban J connectivity index is 4.09. The highest BCUT2D eigenvalue weighted by atomic mass is 16.4. The van der Waals surface area contributed by atoms with Gasteiger partial charge in [-0.25, -0.2) is 0 Å². The molecule has 0 aromatic heterocycles. The minimum absolute atomic E-state index is 0.0487. The standard InChI is InChI=1S/C10H19NO3/c1-7(2)4-8(6-10(13)14)5-9(12)11-3/h7-8H,4-6H2,1-3H3,(H,11,12)(H,13,14)/t8-/m1/s1. The summed E-state index contributed by atoms with van der Waals surface area (Å²) < 4.78 is 0. The van der Waals surface area contributed by atoms with Crippen molar-refractivity contribution in [2.24, 2.45) is 11.8 Å². The Hall–Kier alpha value is -1.06. The van der Waals surface area contributed by atoms with Crippen LogP contribution < -0.4 is 5.32 Å². The maximum Gasteiger partial charge on any atom is 0.303 e. The zero-order valence-corrected chi connectivity index (χ0v) is 9.04. The van der Waals surface area contributed by atoms with Crippen LogP contribution in [0.2, 0.25) is 0 Å². The molecule has 0 aromatic rings. The van der Waals surface area contributed by atoms with E-state index < -0.39 is 5.97 Å². The van der Waals surface area contributed by atoms with E-state index in [2.05, 4.69) is 5.32 Å². The van der Waals surface area contributed by atoms with E-state index in [9.17, 15) is 9.59 Å². The van der Waals surface area contributed by atoms with Crippen LogP contribution in [0.5, 0.6) is 0 Å². The number of amides is 1. The Kier molecular flexibility index (Phi) is 5.92. The van der Waals surface area contributed by atoms with E-state index in [0.717, 1.165) is 6.42 Å². The van der Waals surface area contributed by atoms with Crippen LogP contribution in [0.4, 0.5) is 0 Å². The van der Waals surface area contributed by atoms with Crippen LogP contribution in [0, 0.1) is 11.8 Å². The molecule has 0 aliphatic rings. The molecule has 4 nitrogen and oxygen atoms in total. The summed E-state index contributed by atoms with van der Waals surface area (Å²) in [7, 11) is 1.57. The molecule has 0 spiro atoms. The number of nitrogens with one attached hydrogen (secondary N) is 1. The lowest BCUT2D eigenvalue weighted by molar-refractivity contribution is -0.138. The first-order valence-electron chi connectivity index (χ1n) is 4.88. The smallest absolute Gasteiger partial charge is 0.303 e. The molecule has 0 aliphatic carbocycles. The number of hydrogen-bond acceptors (Lipinski definition) is 2. The first-order valence-corrected chi connectivity index (χ1v) is 4.88. The monoisotopic (exact) mass is 201 g/mol. The van der Waals surface area contributed by atoms with Gasteiger partial charge in [0, 0.05) is 19.9 Å². The fourth-order valence-electron chi connectivity index (χ4n) is 1.52. The number of aliphatic carboxylic acids is 1. The number of rotatable bonds is 6. The summed E-state index contributed by atoms with van der Waals surface area (Å²) in [6.07, 6.45) is 1.16. The Bertz CT molecular complexity index is 202. The fraction of sp³-hybridized carbons (Fsp3) is 0.800. The number of carboxylic acids is 1. The number of hydrogen-bond donors (Lipinski definition) is 2. The van der Waals surface area contributed by atoms with Gasteiger partial charge in [-0.15, -0.1) is 0 Å². The van der Waals surface area contributed by atoms with Gasteiger partial charge in [-0.1, -0.05) is 13.8 Å². The summed E-state index contributed by atoms with van der Waals surface area (Å²) in [4.78, 5) is 21.6. The largest absolute Gasteiger partial charge is 0.481 e. The first-order chi connectivity index (χ1) is 6.45. The molecule has 0 aliphatic heterocycles. The highest BCUT2D eigenvalue weighted by Gasteiger charge is 2.17. The molecule has 0 aromatic carbocycles. The van der Waals surface area contributed by atoms with Gasteiger partial charge in [-0.2, -0.15) is 0 Å². The third-order valence-corrected chi connectivity index (χ3v) is 2.02. The summed E-state index contributed by atoms with van der Waals surface area (Å²) in [5, 5.41) is 11.2. The lowest BCUT2D eigenvalue weighted by Crippen LogP contribution is -2.23. The van der Waals surface area contributed by atoms with Crippen molar-refractivity contribution in [2.45, 2.75) is 33.1 Å². The first kappa shape index (κ1) is 12.9. The van der Waals surface area contributed by atoms with E-state index in [4.69, 9.17) is 5.11 Å². The molecule has 1 amide bonds. The molecule has 0 saturated carbocycles. The second kappa shape index (κ2) is 6.40.